The molecule has 0 radical (unpaired) electrons. The molecule has 1 aliphatic heterocycles. The molecule has 0 fully saturated rings. The Morgan fingerprint density at radius 1 is 1.09 bits per heavy atom. The number of rotatable bonds is 5. The number of aryl methyl sites for hydroxylation is 1. The molecular weight excluding hydrogens is 526 g/mol. The normalized spacial score (nSPS) is 15.5. The number of nitrogens with zero attached hydrogens (tertiary/aromatic N) is 3. The Labute approximate surface area is 217 Å². The number of para-hydroxylation sites is 1. The van der Waals surface area contributed by atoms with Gasteiger partial charge in [-0.2, -0.15) is 5.10 Å². The molecule has 4 aromatic rings. The summed E-state index contributed by atoms with van der Waals surface area (Å²) in [5.74, 6) is -0.188. The van der Waals surface area contributed by atoms with Crippen LogP contribution in [0.25, 0.3) is 22.0 Å². The van der Waals surface area contributed by atoms with Gasteiger partial charge in [0.15, 0.2) is 0 Å². The first-order valence-corrected chi connectivity index (χ1v) is 12.4. The van der Waals surface area contributed by atoms with Crippen LogP contribution in [-0.2, 0) is 9.53 Å². The van der Waals surface area contributed by atoms with E-state index < -0.39 is 0 Å². The van der Waals surface area contributed by atoms with Crippen LogP contribution in [0.15, 0.2) is 82.4 Å². The van der Waals surface area contributed by atoms with E-state index in [0.717, 1.165) is 49.0 Å². The van der Waals surface area contributed by atoms with Gasteiger partial charge in [0, 0.05) is 45.2 Å². The Morgan fingerprint density at radius 2 is 1.86 bits per heavy atom. The second-order valence-corrected chi connectivity index (χ2v) is 9.82. The molecule has 3 aromatic carbocycles. The molecule has 2 heterocycles. The van der Waals surface area contributed by atoms with Gasteiger partial charge in [0.2, 0.25) is 0 Å². The molecule has 35 heavy (non-hydrogen) atoms. The average Bonchev–Trinajstić information content (AvgIpc) is 3.29. The quantitative estimate of drug-likeness (QED) is 0.271. The van der Waals surface area contributed by atoms with Gasteiger partial charge in [-0.15, -0.1) is 0 Å². The van der Waals surface area contributed by atoms with Gasteiger partial charge in [0.25, 0.3) is 5.91 Å². The van der Waals surface area contributed by atoms with Crippen molar-refractivity contribution >= 4 is 50.1 Å². The van der Waals surface area contributed by atoms with Crippen molar-refractivity contribution in [1.29, 1.82) is 0 Å². The smallest absolute Gasteiger partial charge is 0.269 e. The number of hydrogen-bond acceptors (Lipinski definition) is 4. The van der Waals surface area contributed by atoms with Gasteiger partial charge in [0.05, 0.1) is 17.3 Å². The molecule has 0 aliphatic carbocycles. The lowest BCUT2D eigenvalue weighted by molar-refractivity contribution is -0.137. The molecule has 0 unspecified atom stereocenters. The maximum atomic E-state index is 13.0. The summed E-state index contributed by atoms with van der Waals surface area (Å²) in [6.45, 7) is 1.96. The lowest BCUT2D eigenvalue weighted by Crippen LogP contribution is -2.30. The monoisotopic (exact) mass is 547 g/mol. The summed E-state index contributed by atoms with van der Waals surface area (Å²) in [5.41, 5.74) is 6.60. The summed E-state index contributed by atoms with van der Waals surface area (Å²) in [6, 6.07) is 23.6. The van der Waals surface area contributed by atoms with Gasteiger partial charge < -0.3 is 4.74 Å². The number of carbonyl (C=O) groups excluding carboxylic acids is 1. The third kappa shape index (κ3) is 4.61. The molecule has 0 spiro atoms. The zero-order valence-electron chi connectivity index (χ0n) is 19.3. The summed E-state index contributed by atoms with van der Waals surface area (Å²) in [6.07, 6.45) is 0.563. The summed E-state index contributed by atoms with van der Waals surface area (Å²) in [5, 5.41) is 8.13. The van der Waals surface area contributed by atoms with E-state index in [2.05, 4.69) is 22.0 Å². The van der Waals surface area contributed by atoms with Crippen LogP contribution in [0.3, 0.4) is 0 Å². The van der Waals surface area contributed by atoms with Crippen LogP contribution in [0.1, 0.15) is 29.3 Å². The Balaban J connectivity index is 1.71. The van der Waals surface area contributed by atoms with Crippen LogP contribution >= 0.6 is 27.5 Å². The minimum atomic E-state index is -0.242. The highest BCUT2D eigenvalue weighted by atomic mass is 79.9. The standard InChI is InChI=1S/C28H23BrClN3O2/c1-17-27(28(18-10-12-21(30)13-11-18)22-8-3-4-9-23(22)31-17)24-15-25(19-6-5-7-20(29)14-19)33(32-24)26(34)16-35-2/h3-14,25H,15-16H2,1-2H3/t25-/m1/s1. The first-order valence-electron chi connectivity index (χ1n) is 11.3. The molecule has 7 heteroatoms. The Morgan fingerprint density at radius 3 is 2.60 bits per heavy atom. The molecule has 0 bridgehead atoms. The van der Waals surface area contributed by atoms with Crippen molar-refractivity contribution in [3.05, 3.63) is 99.1 Å². The minimum Gasteiger partial charge on any atom is -0.375 e. The number of pyridine rings is 1. The van der Waals surface area contributed by atoms with Gasteiger partial charge in [-0.1, -0.05) is 70.0 Å². The van der Waals surface area contributed by atoms with E-state index in [1.165, 1.54) is 7.11 Å². The number of ether oxygens (including phenoxy) is 1. The third-order valence-electron chi connectivity index (χ3n) is 6.16. The molecule has 1 aliphatic rings. The van der Waals surface area contributed by atoms with Crippen LogP contribution < -0.4 is 0 Å². The maximum absolute atomic E-state index is 13.0. The number of carbonyl (C=O) groups is 1. The van der Waals surface area contributed by atoms with E-state index in [1.54, 1.807) is 5.01 Å². The number of amides is 1. The number of hydrogen-bond donors (Lipinski definition) is 0. The fourth-order valence-corrected chi connectivity index (χ4v) is 5.20. The zero-order chi connectivity index (χ0) is 24.5. The first-order chi connectivity index (χ1) is 17.0. The van der Waals surface area contributed by atoms with E-state index in [-0.39, 0.29) is 18.6 Å². The second kappa shape index (κ2) is 9.90. The van der Waals surface area contributed by atoms with E-state index in [4.69, 9.17) is 26.4 Å². The molecule has 0 N–H and O–H groups in total. The topological polar surface area (TPSA) is 54.8 Å². The van der Waals surface area contributed by atoms with Crippen molar-refractivity contribution in [3.63, 3.8) is 0 Å². The fraction of sp³-hybridized carbons (Fsp3) is 0.179. The molecule has 176 valence electrons. The van der Waals surface area contributed by atoms with Crippen LogP contribution in [0, 0.1) is 6.92 Å². The van der Waals surface area contributed by atoms with Gasteiger partial charge in [-0.3, -0.25) is 9.78 Å². The lowest BCUT2D eigenvalue weighted by atomic mass is 9.89. The average molecular weight is 549 g/mol. The molecular formula is C28H23BrClN3O2. The van der Waals surface area contributed by atoms with Crippen LogP contribution in [0.2, 0.25) is 5.02 Å². The third-order valence-corrected chi connectivity index (χ3v) is 6.91. The molecule has 1 aromatic heterocycles. The van der Waals surface area contributed by atoms with Crippen LogP contribution in [0.4, 0.5) is 0 Å². The summed E-state index contributed by atoms with van der Waals surface area (Å²) in [7, 11) is 1.52. The van der Waals surface area contributed by atoms with E-state index >= 15 is 0 Å². The predicted molar refractivity (Wildman–Crippen MR) is 144 cm³/mol. The number of halogens is 2. The highest BCUT2D eigenvalue weighted by Crippen LogP contribution is 2.40. The van der Waals surface area contributed by atoms with E-state index in [0.29, 0.717) is 11.4 Å². The van der Waals surface area contributed by atoms with Gasteiger partial charge in [-0.25, -0.2) is 5.01 Å². The molecule has 0 saturated heterocycles. The number of methoxy groups -OCH3 is 1. The van der Waals surface area contributed by atoms with Gasteiger partial charge in [0.1, 0.15) is 6.61 Å². The minimum absolute atomic E-state index is 0.0414. The Bertz CT molecular complexity index is 1450. The number of benzene rings is 3. The Hall–Kier alpha value is -3.06. The number of hydrazone groups is 1. The molecule has 5 nitrogen and oxygen atoms in total. The molecule has 1 amide bonds. The predicted octanol–water partition coefficient (Wildman–Crippen LogP) is 6.95. The summed E-state index contributed by atoms with van der Waals surface area (Å²) >= 11 is 9.76. The van der Waals surface area contributed by atoms with Crippen molar-refractivity contribution in [2.24, 2.45) is 5.10 Å². The van der Waals surface area contributed by atoms with Crippen molar-refractivity contribution in [2.45, 2.75) is 19.4 Å². The highest BCUT2D eigenvalue weighted by molar-refractivity contribution is 9.10. The second-order valence-electron chi connectivity index (χ2n) is 8.46. The first kappa shape index (κ1) is 23.7. The van der Waals surface area contributed by atoms with Crippen LogP contribution in [0.5, 0.6) is 0 Å². The summed E-state index contributed by atoms with van der Waals surface area (Å²) < 4.78 is 6.11. The Kier molecular flexibility index (Phi) is 6.69. The number of aromatic nitrogens is 1. The molecule has 5 rings (SSSR count). The van der Waals surface area contributed by atoms with E-state index in [1.807, 2.05) is 73.7 Å². The van der Waals surface area contributed by atoms with Crippen molar-refractivity contribution in [1.82, 2.24) is 9.99 Å². The summed E-state index contributed by atoms with van der Waals surface area (Å²) in [4.78, 5) is 17.9. The highest BCUT2D eigenvalue weighted by Gasteiger charge is 2.35. The largest absolute Gasteiger partial charge is 0.375 e. The van der Waals surface area contributed by atoms with Crippen LogP contribution in [-0.4, -0.2) is 35.3 Å². The van der Waals surface area contributed by atoms with Crippen molar-refractivity contribution < 1.29 is 9.53 Å². The SMILES string of the molecule is COCC(=O)N1N=C(c2c(C)nc3ccccc3c2-c2ccc(Cl)cc2)C[C@@H]1c1cccc(Br)c1. The molecule has 0 saturated carbocycles. The van der Waals surface area contributed by atoms with Crippen molar-refractivity contribution in [3.8, 4) is 11.1 Å². The van der Waals surface area contributed by atoms with Gasteiger partial charge in [-0.05, 0) is 48.4 Å². The maximum Gasteiger partial charge on any atom is 0.269 e. The van der Waals surface area contributed by atoms with E-state index in [9.17, 15) is 4.79 Å². The van der Waals surface area contributed by atoms with Crippen molar-refractivity contribution in [2.75, 3.05) is 13.7 Å². The zero-order valence-corrected chi connectivity index (χ0v) is 21.7. The fourth-order valence-electron chi connectivity index (χ4n) is 4.66. The lowest BCUT2D eigenvalue weighted by Gasteiger charge is -2.22. The van der Waals surface area contributed by atoms with Gasteiger partial charge >= 0.3 is 0 Å². The molecule has 1 atom stereocenters. The number of fused-ring (bicyclic) bond motifs is 1.